The van der Waals surface area contributed by atoms with Crippen LogP contribution in [0.15, 0.2) is 0 Å². The molecule has 1 fully saturated rings. The lowest BCUT2D eigenvalue weighted by molar-refractivity contribution is -0.0130. The standard InChI is InChI=1S/C12H23NO4/c1-12(2,3)17-11(16)13-6-4-10(15)9(8-13)5-7-14/h9-10,14-15H,4-8H2,1-3H3/t9-,10-/m1/s1. The third kappa shape index (κ3) is 4.52. The highest BCUT2D eigenvalue weighted by Crippen LogP contribution is 2.21. The highest BCUT2D eigenvalue weighted by Gasteiger charge is 2.31. The minimum Gasteiger partial charge on any atom is -0.444 e. The van der Waals surface area contributed by atoms with E-state index in [1.807, 2.05) is 20.8 Å². The first-order chi connectivity index (χ1) is 7.83. The maximum absolute atomic E-state index is 11.8. The minimum absolute atomic E-state index is 0.0316. The van der Waals surface area contributed by atoms with E-state index in [1.165, 1.54) is 0 Å². The second kappa shape index (κ2) is 5.69. The van der Waals surface area contributed by atoms with E-state index in [4.69, 9.17) is 9.84 Å². The van der Waals surface area contributed by atoms with Gasteiger partial charge in [-0.1, -0.05) is 0 Å². The summed E-state index contributed by atoms with van der Waals surface area (Å²) in [6, 6.07) is 0. The minimum atomic E-state index is -0.500. The molecule has 0 radical (unpaired) electrons. The van der Waals surface area contributed by atoms with Crippen LogP contribution in [0.5, 0.6) is 0 Å². The molecule has 1 rings (SSSR count). The van der Waals surface area contributed by atoms with Gasteiger partial charge in [-0.3, -0.25) is 0 Å². The zero-order chi connectivity index (χ0) is 13.1. The second-order valence-electron chi connectivity index (χ2n) is 5.55. The van der Waals surface area contributed by atoms with Crippen molar-refractivity contribution in [2.75, 3.05) is 19.7 Å². The fourth-order valence-corrected chi connectivity index (χ4v) is 1.96. The van der Waals surface area contributed by atoms with E-state index in [0.29, 0.717) is 25.9 Å². The van der Waals surface area contributed by atoms with Crippen LogP contribution in [0.25, 0.3) is 0 Å². The molecule has 5 heteroatoms. The SMILES string of the molecule is CC(C)(C)OC(=O)N1CC[C@@H](O)[C@H](CCO)C1. The lowest BCUT2D eigenvalue weighted by Gasteiger charge is -2.36. The van der Waals surface area contributed by atoms with E-state index in [9.17, 15) is 9.90 Å². The first-order valence-electron chi connectivity index (χ1n) is 6.10. The average Bonchev–Trinajstić information content (AvgIpc) is 2.19. The van der Waals surface area contributed by atoms with Crippen LogP contribution in [0.4, 0.5) is 4.79 Å². The van der Waals surface area contributed by atoms with Crippen LogP contribution >= 0.6 is 0 Å². The molecule has 1 saturated heterocycles. The smallest absolute Gasteiger partial charge is 0.410 e. The van der Waals surface area contributed by atoms with Crippen molar-refractivity contribution >= 4 is 6.09 Å². The lowest BCUT2D eigenvalue weighted by Crippen LogP contribution is -2.47. The summed E-state index contributed by atoms with van der Waals surface area (Å²) >= 11 is 0. The van der Waals surface area contributed by atoms with Crippen LogP contribution in [0.3, 0.4) is 0 Å². The molecule has 17 heavy (non-hydrogen) atoms. The predicted molar refractivity (Wildman–Crippen MR) is 63.6 cm³/mol. The molecule has 0 aromatic carbocycles. The van der Waals surface area contributed by atoms with Crippen molar-refractivity contribution in [2.45, 2.75) is 45.3 Å². The summed E-state index contributed by atoms with van der Waals surface area (Å²) in [6.45, 7) is 6.48. The molecule has 0 saturated carbocycles. The van der Waals surface area contributed by atoms with Crippen LogP contribution in [0, 0.1) is 5.92 Å². The summed E-state index contributed by atoms with van der Waals surface area (Å²) < 4.78 is 5.28. The van der Waals surface area contributed by atoms with E-state index in [2.05, 4.69) is 0 Å². The molecule has 0 unspecified atom stereocenters. The van der Waals surface area contributed by atoms with Crippen LogP contribution in [-0.2, 0) is 4.74 Å². The quantitative estimate of drug-likeness (QED) is 0.761. The number of aliphatic hydroxyl groups is 2. The Labute approximate surface area is 102 Å². The van der Waals surface area contributed by atoms with Gasteiger partial charge in [0.15, 0.2) is 0 Å². The molecule has 100 valence electrons. The van der Waals surface area contributed by atoms with E-state index in [1.54, 1.807) is 4.90 Å². The van der Waals surface area contributed by atoms with Gasteiger partial charge in [0.25, 0.3) is 0 Å². The van der Waals surface area contributed by atoms with Crippen molar-refractivity contribution in [3.63, 3.8) is 0 Å². The number of carbonyl (C=O) groups excluding carboxylic acids is 1. The topological polar surface area (TPSA) is 70.0 Å². The third-order valence-electron chi connectivity index (χ3n) is 2.85. The number of hydrogen-bond acceptors (Lipinski definition) is 4. The molecule has 0 aromatic heterocycles. The summed E-state index contributed by atoms with van der Waals surface area (Å²) in [5, 5.41) is 18.6. The first kappa shape index (κ1) is 14.3. The highest BCUT2D eigenvalue weighted by molar-refractivity contribution is 5.68. The maximum atomic E-state index is 11.8. The number of aliphatic hydroxyl groups excluding tert-OH is 2. The molecule has 1 aliphatic rings. The van der Waals surface area contributed by atoms with Crippen molar-refractivity contribution < 1.29 is 19.7 Å². The third-order valence-corrected chi connectivity index (χ3v) is 2.85. The van der Waals surface area contributed by atoms with Crippen molar-refractivity contribution in [3.05, 3.63) is 0 Å². The average molecular weight is 245 g/mol. The lowest BCUT2D eigenvalue weighted by atomic mass is 9.92. The Kier molecular flexibility index (Phi) is 4.77. The van der Waals surface area contributed by atoms with Gasteiger partial charge in [-0.2, -0.15) is 0 Å². The van der Waals surface area contributed by atoms with Crippen LogP contribution in [0.1, 0.15) is 33.6 Å². The highest BCUT2D eigenvalue weighted by atomic mass is 16.6. The van der Waals surface area contributed by atoms with E-state index < -0.39 is 11.7 Å². The molecule has 0 bridgehead atoms. The molecule has 0 aliphatic carbocycles. The molecule has 1 amide bonds. The number of rotatable bonds is 2. The largest absolute Gasteiger partial charge is 0.444 e. The van der Waals surface area contributed by atoms with E-state index in [0.717, 1.165) is 0 Å². The van der Waals surface area contributed by atoms with Crippen molar-refractivity contribution in [3.8, 4) is 0 Å². The van der Waals surface area contributed by atoms with Gasteiger partial charge in [-0.05, 0) is 33.6 Å². The van der Waals surface area contributed by atoms with E-state index >= 15 is 0 Å². The van der Waals surface area contributed by atoms with Crippen LogP contribution < -0.4 is 0 Å². The molecule has 5 nitrogen and oxygen atoms in total. The van der Waals surface area contributed by atoms with Gasteiger partial charge in [0.1, 0.15) is 5.60 Å². The van der Waals surface area contributed by atoms with Gasteiger partial charge in [-0.15, -0.1) is 0 Å². The summed E-state index contributed by atoms with van der Waals surface area (Å²) in [5.74, 6) is -0.0544. The summed E-state index contributed by atoms with van der Waals surface area (Å²) in [5.41, 5.74) is -0.500. The van der Waals surface area contributed by atoms with Gasteiger partial charge < -0.3 is 19.8 Å². The molecule has 0 spiro atoms. The van der Waals surface area contributed by atoms with Gasteiger partial charge in [-0.25, -0.2) is 4.79 Å². The van der Waals surface area contributed by atoms with E-state index in [-0.39, 0.29) is 18.6 Å². The number of hydrogen-bond donors (Lipinski definition) is 2. The molecule has 1 heterocycles. The number of nitrogens with zero attached hydrogens (tertiary/aromatic N) is 1. The molecule has 2 N–H and O–H groups in total. The number of likely N-dealkylation sites (tertiary alicyclic amines) is 1. The Bertz CT molecular complexity index is 262. The predicted octanol–water partition coefficient (Wildman–Crippen LogP) is 0.987. The van der Waals surface area contributed by atoms with Crippen molar-refractivity contribution in [2.24, 2.45) is 5.92 Å². The Morgan fingerprint density at radius 1 is 1.47 bits per heavy atom. The van der Waals surface area contributed by atoms with Crippen molar-refractivity contribution in [1.82, 2.24) is 4.90 Å². The number of ether oxygens (including phenoxy) is 1. The Hall–Kier alpha value is -0.810. The Morgan fingerprint density at radius 3 is 2.65 bits per heavy atom. The zero-order valence-corrected chi connectivity index (χ0v) is 10.8. The van der Waals surface area contributed by atoms with Gasteiger partial charge in [0.2, 0.25) is 0 Å². The molecular weight excluding hydrogens is 222 g/mol. The fourth-order valence-electron chi connectivity index (χ4n) is 1.96. The number of amides is 1. The zero-order valence-electron chi connectivity index (χ0n) is 10.8. The first-order valence-corrected chi connectivity index (χ1v) is 6.10. The summed E-state index contributed by atoms with van der Waals surface area (Å²) in [4.78, 5) is 13.4. The van der Waals surface area contributed by atoms with Crippen LogP contribution in [0.2, 0.25) is 0 Å². The fraction of sp³-hybridized carbons (Fsp3) is 0.917. The number of carbonyl (C=O) groups is 1. The second-order valence-corrected chi connectivity index (χ2v) is 5.55. The number of piperidine rings is 1. The van der Waals surface area contributed by atoms with Gasteiger partial charge in [0.05, 0.1) is 6.10 Å². The van der Waals surface area contributed by atoms with Gasteiger partial charge >= 0.3 is 6.09 Å². The summed E-state index contributed by atoms with van der Waals surface area (Å²) in [6.07, 6.45) is 0.290. The monoisotopic (exact) mass is 245 g/mol. The molecule has 2 atom stereocenters. The molecule has 0 aromatic rings. The van der Waals surface area contributed by atoms with Crippen LogP contribution in [-0.4, -0.2) is 52.6 Å². The van der Waals surface area contributed by atoms with Crippen molar-refractivity contribution in [1.29, 1.82) is 0 Å². The molecule has 1 aliphatic heterocycles. The summed E-state index contributed by atoms with van der Waals surface area (Å²) in [7, 11) is 0. The Balaban J connectivity index is 2.52. The normalized spacial score (nSPS) is 25.8. The van der Waals surface area contributed by atoms with Gasteiger partial charge in [0, 0.05) is 25.6 Å². The Morgan fingerprint density at radius 2 is 2.12 bits per heavy atom. The maximum Gasteiger partial charge on any atom is 0.410 e. The molecular formula is C12H23NO4.